The Balaban J connectivity index is 1.32. The van der Waals surface area contributed by atoms with Crippen LogP contribution in [0.15, 0.2) is 54.4 Å². The number of piperidine rings is 1. The molecule has 8 heteroatoms. The van der Waals surface area contributed by atoms with Crippen LogP contribution in [0, 0.1) is 0 Å². The van der Waals surface area contributed by atoms with Gasteiger partial charge in [-0.3, -0.25) is 4.90 Å². The number of benzene rings is 1. The van der Waals surface area contributed by atoms with Crippen molar-refractivity contribution in [2.45, 2.75) is 25.4 Å². The minimum absolute atomic E-state index is 0.164. The Morgan fingerprint density at radius 1 is 1.30 bits per heavy atom. The van der Waals surface area contributed by atoms with E-state index in [1.807, 2.05) is 24.3 Å². The van der Waals surface area contributed by atoms with Gasteiger partial charge in [0.1, 0.15) is 12.7 Å². The van der Waals surface area contributed by atoms with E-state index in [0.29, 0.717) is 0 Å². The van der Waals surface area contributed by atoms with Crippen molar-refractivity contribution in [3.05, 3.63) is 59.3 Å². The molecule has 1 fully saturated rings. The first kappa shape index (κ1) is 17.7. The van der Waals surface area contributed by atoms with E-state index in [9.17, 15) is 4.79 Å². The molecule has 2 N–H and O–H groups in total. The first-order valence-electron chi connectivity index (χ1n) is 9.03. The van der Waals surface area contributed by atoms with E-state index < -0.39 is 0 Å². The van der Waals surface area contributed by atoms with Gasteiger partial charge in [0.05, 0.1) is 5.69 Å². The van der Waals surface area contributed by atoms with Crippen LogP contribution in [0.2, 0.25) is 0 Å². The summed E-state index contributed by atoms with van der Waals surface area (Å²) in [5.74, 6) is 0. The Kier molecular flexibility index (Phi) is 5.45. The van der Waals surface area contributed by atoms with Crippen molar-refractivity contribution in [2.24, 2.45) is 0 Å². The van der Waals surface area contributed by atoms with Gasteiger partial charge in [0.15, 0.2) is 0 Å². The number of urea groups is 1. The van der Waals surface area contributed by atoms with E-state index >= 15 is 0 Å². The third-order valence-electron chi connectivity index (χ3n) is 4.59. The van der Waals surface area contributed by atoms with Gasteiger partial charge in [-0.2, -0.15) is 5.10 Å². The molecule has 2 amide bonds. The Morgan fingerprint density at radius 2 is 2.26 bits per heavy atom. The van der Waals surface area contributed by atoms with Crippen molar-refractivity contribution in [1.29, 1.82) is 0 Å². The van der Waals surface area contributed by atoms with Gasteiger partial charge in [-0.05, 0) is 49.0 Å². The second kappa shape index (κ2) is 8.32. The number of carbonyl (C=O) groups excluding carboxylic acids is 1. The molecule has 1 saturated heterocycles. The zero-order valence-electron chi connectivity index (χ0n) is 14.9. The third kappa shape index (κ3) is 4.72. The molecule has 1 aromatic carbocycles. The van der Waals surface area contributed by atoms with Crippen LogP contribution in [-0.2, 0) is 6.54 Å². The molecule has 1 aliphatic heterocycles. The predicted octanol–water partition coefficient (Wildman–Crippen LogP) is 3.11. The van der Waals surface area contributed by atoms with E-state index in [2.05, 4.69) is 43.1 Å². The Morgan fingerprint density at radius 3 is 3.07 bits per heavy atom. The van der Waals surface area contributed by atoms with E-state index in [-0.39, 0.29) is 12.1 Å². The van der Waals surface area contributed by atoms with Crippen LogP contribution in [-0.4, -0.2) is 44.8 Å². The van der Waals surface area contributed by atoms with Crippen LogP contribution in [0.4, 0.5) is 10.5 Å². The average Bonchev–Trinajstić information content (AvgIpc) is 3.36. The summed E-state index contributed by atoms with van der Waals surface area (Å²) in [4.78, 5) is 20.2. The molecular weight excluding hydrogens is 360 g/mol. The summed E-state index contributed by atoms with van der Waals surface area (Å²) < 4.78 is 1.66. The molecule has 0 bridgehead atoms. The molecular formula is C19H22N6OS. The number of thiophene rings is 1. The van der Waals surface area contributed by atoms with Gasteiger partial charge in [0, 0.05) is 29.7 Å². The number of rotatable bonds is 5. The van der Waals surface area contributed by atoms with Gasteiger partial charge in [-0.15, -0.1) is 11.3 Å². The fourth-order valence-corrected chi connectivity index (χ4v) is 4.11. The second-order valence-corrected chi connectivity index (χ2v) is 7.67. The highest BCUT2D eigenvalue weighted by molar-refractivity contribution is 7.09. The zero-order valence-corrected chi connectivity index (χ0v) is 15.7. The summed E-state index contributed by atoms with van der Waals surface area (Å²) in [6.07, 6.45) is 5.21. The number of carbonyl (C=O) groups is 1. The van der Waals surface area contributed by atoms with Crippen LogP contribution in [0.1, 0.15) is 17.7 Å². The Hall–Kier alpha value is -2.71. The lowest BCUT2D eigenvalue weighted by molar-refractivity contribution is 0.184. The van der Waals surface area contributed by atoms with Crippen molar-refractivity contribution in [3.8, 4) is 5.69 Å². The van der Waals surface area contributed by atoms with Crippen molar-refractivity contribution in [2.75, 3.05) is 18.4 Å². The highest BCUT2D eigenvalue weighted by atomic mass is 32.1. The summed E-state index contributed by atoms with van der Waals surface area (Å²) in [7, 11) is 0. The number of nitrogens with zero attached hydrogens (tertiary/aromatic N) is 4. The number of likely N-dealkylation sites (tertiary alicyclic amines) is 1. The first-order valence-corrected chi connectivity index (χ1v) is 9.91. The lowest BCUT2D eigenvalue weighted by Crippen LogP contribution is -2.48. The van der Waals surface area contributed by atoms with Gasteiger partial charge >= 0.3 is 6.03 Å². The summed E-state index contributed by atoms with van der Waals surface area (Å²) >= 11 is 1.78. The summed E-state index contributed by atoms with van der Waals surface area (Å²) in [5.41, 5.74) is 1.58. The number of amides is 2. The number of anilines is 1. The fraction of sp³-hybridized carbons (Fsp3) is 0.316. The summed E-state index contributed by atoms with van der Waals surface area (Å²) in [6.45, 7) is 2.92. The minimum atomic E-state index is -0.172. The molecule has 1 aliphatic rings. The predicted molar refractivity (Wildman–Crippen MR) is 106 cm³/mol. The molecule has 0 unspecified atom stereocenters. The van der Waals surface area contributed by atoms with Gasteiger partial charge in [0.25, 0.3) is 0 Å². The summed E-state index contributed by atoms with van der Waals surface area (Å²) in [6, 6.07) is 11.8. The van der Waals surface area contributed by atoms with Gasteiger partial charge in [-0.25, -0.2) is 14.5 Å². The third-order valence-corrected chi connectivity index (χ3v) is 5.45. The monoisotopic (exact) mass is 382 g/mol. The number of hydrogen-bond acceptors (Lipinski definition) is 5. The van der Waals surface area contributed by atoms with Crippen LogP contribution < -0.4 is 10.6 Å². The topological polar surface area (TPSA) is 75.1 Å². The maximum atomic E-state index is 12.4. The molecule has 1 atom stereocenters. The van der Waals surface area contributed by atoms with E-state index in [0.717, 1.165) is 43.9 Å². The number of hydrogen-bond donors (Lipinski definition) is 2. The minimum Gasteiger partial charge on any atom is -0.334 e. The summed E-state index contributed by atoms with van der Waals surface area (Å²) in [5, 5.41) is 12.3. The largest absolute Gasteiger partial charge is 0.334 e. The normalized spacial score (nSPS) is 17.6. The first-order chi connectivity index (χ1) is 13.3. The van der Waals surface area contributed by atoms with Crippen molar-refractivity contribution < 1.29 is 4.79 Å². The van der Waals surface area contributed by atoms with Gasteiger partial charge in [-0.1, -0.05) is 12.1 Å². The molecule has 3 aromatic rings. The van der Waals surface area contributed by atoms with Crippen LogP contribution in [0.3, 0.4) is 0 Å². The lowest BCUT2D eigenvalue weighted by atomic mass is 10.1. The molecule has 3 heterocycles. The van der Waals surface area contributed by atoms with E-state index in [4.69, 9.17) is 0 Å². The van der Waals surface area contributed by atoms with Crippen LogP contribution >= 0.6 is 11.3 Å². The number of nitrogens with one attached hydrogen (secondary N) is 2. The van der Waals surface area contributed by atoms with Crippen LogP contribution in [0.5, 0.6) is 0 Å². The van der Waals surface area contributed by atoms with E-state index in [1.54, 1.807) is 22.3 Å². The average molecular weight is 382 g/mol. The fourth-order valence-electron chi connectivity index (χ4n) is 3.36. The smallest absolute Gasteiger partial charge is 0.319 e. The molecule has 140 valence electrons. The van der Waals surface area contributed by atoms with Crippen LogP contribution in [0.25, 0.3) is 5.69 Å². The molecule has 0 radical (unpaired) electrons. The molecule has 2 aromatic heterocycles. The Labute approximate surface area is 162 Å². The van der Waals surface area contributed by atoms with Gasteiger partial charge < -0.3 is 10.6 Å². The van der Waals surface area contributed by atoms with Gasteiger partial charge in [0.2, 0.25) is 0 Å². The quantitative estimate of drug-likeness (QED) is 0.711. The van der Waals surface area contributed by atoms with Crippen molar-refractivity contribution >= 4 is 23.1 Å². The molecule has 0 saturated carbocycles. The molecule has 0 spiro atoms. The van der Waals surface area contributed by atoms with Crippen molar-refractivity contribution in [3.63, 3.8) is 0 Å². The molecule has 27 heavy (non-hydrogen) atoms. The second-order valence-electron chi connectivity index (χ2n) is 6.64. The zero-order chi connectivity index (χ0) is 18.5. The highest BCUT2D eigenvalue weighted by Crippen LogP contribution is 2.17. The standard InChI is InChI=1S/C19H22N6OS/c26-19(22-15-4-1-6-17(10-15)25-14-20-13-21-25)23-16-5-2-8-24(11-16)12-18-7-3-9-27-18/h1,3-4,6-7,9-10,13-14,16H,2,5,8,11-12H2,(H2,22,23,26)/t16-/m1/s1. The number of aromatic nitrogens is 3. The van der Waals surface area contributed by atoms with E-state index in [1.165, 1.54) is 11.2 Å². The SMILES string of the molecule is O=C(Nc1cccc(-n2cncn2)c1)N[C@@H]1CCCN(Cc2cccs2)C1. The Bertz CT molecular complexity index is 864. The maximum absolute atomic E-state index is 12.4. The molecule has 4 rings (SSSR count). The maximum Gasteiger partial charge on any atom is 0.319 e. The highest BCUT2D eigenvalue weighted by Gasteiger charge is 2.21. The van der Waals surface area contributed by atoms with Crippen molar-refractivity contribution in [1.82, 2.24) is 25.0 Å². The lowest BCUT2D eigenvalue weighted by Gasteiger charge is -2.32. The molecule has 7 nitrogen and oxygen atoms in total. The molecule has 0 aliphatic carbocycles.